The highest BCUT2D eigenvalue weighted by Gasteiger charge is 2.15. The first-order valence-corrected chi connectivity index (χ1v) is 6.96. The van der Waals surface area contributed by atoms with Gasteiger partial charge < -0.3 is 15.2 Å². The van der Waals surface area contributed by atoms with Crippen molar-refractivity contribution in [1.82, 2.24) is 0 Å². The van der Waals surface area contributed by atoms with Crippen LogP contribution < -0.4 is 5.32 Å². The van der Waals surface area contributed by atoms with Crippen LogP contribution in [-0.2, 0) is 9.53 Å². The third-order valence-electron chi connectivity index (χ3n) is 2.91. The van der Waals surface area contributed by atoms with Gasteiger partial charge in [-0.2, -0.15) is 0 Å². The van der Waals surface area contributed by atoms with E-state index < -0.39 is 24.3 Å². The van der Waals surface area contributed by atoms with Crippen LogP contribution in [0.3, 0.4) is 0 Å². The van der Waals surface area contributed by atoms with E-state index >= 15 is 0 Å². The van der Waals surface area contributed by atoms with E-state index in [1.807, 2.05) is 0 Å². The van der Waals surface area contributed by atoms with E-state index in [0.717, 1.165) is 11.6 Å². The zero-order chi connectivity index (χ0) is 17.0. The monoisotopic (exact) mass is 337 g/mol. The molecule has 0 aliphatic carbocycles. The molecule has 0 saturated carbocycles. The number of esters is 1. The number of carbonyl (C=O) groups is 2. The van der Waals surface area contributed by atoms with Crippen molar-refractivity contribution in [2.24, 2.45) is 0 Å². The Balaban J connectivity index is 1.94. The third kappa shape index (κ3) is 4.43. The smallest absolute Gasteiger partial charge is 0.342 e. The molecular formula is C16H13ClFNO4. The highest BCUT2D eigenvalue weighted by Crippen LogP contribution is 2.20. The molecule has 0 bridgehead atoms. The van der Waals surface area contributed by atoms with Crippen LogP contribution in [0.25, 0.3) is 0 Å². The summed E-state index contributed by atoms with van der Waals surface area (Å²) in [7, 11) is 0. The Kier molecular flexibility index (Phi) is 5.18. The van der Waals surface area contributed by atoms with Crippen LogP contribution >= 0.6 is 11.6 Å². The van der Waals surface area contributed by atoms with Gasteiger partial charge in [0, 0.05) is 5.69 Å². The first-order chi connectivity index (χ1) is 10.9. The van der Waals surface area contributed by atoms with Crippen molar-refractivity contribution in [2.75, 3.05) is 11.9 Å². The normalized spacial score (nSPS) is 10.2. The number of nitrogens with one attached hydrogen (secondary N) is 1. The summed E-state index contributed by atoms with van der Waals surface area (Å²) in [5.41, 5.74) is 1.01. The van der Waals surface area contributed by atoms with Gasteiger partial charge >= 0.3 is 5.97 Å². The van der Waals surface area contributed by atoms with Crippen LogP contribution in [0, 0.1) is 12.7 Å². The molecule has 0 unspecified atom stereocenters. The number of hydrogen-bond donors (Lipinski definition) is 2. The van der Waals surface area contributed by atoms with Crippen molar-refractivity contribution in [2.45, 2.75) is 6.92 Å². The summed E-state index contributed by atoms with van der Waals surface area (Å²) >= 11 is 5.60. The first-order valence-electron chi connectivity index (χ1n) is 6.58. The zero-order valence-electron chi connectivity index (χ0n) is 12.1. The summed E-state index contributed by atoms with van der Waals surface area (Å²) < 4.78 is 17.8. The molecule has 1 amide bonds. The number of phenolic OH excluding ortho intramolecular Hbond substituents is 1. The Morgan fingerprint density at radius 3 is 2.70 bits per heavy atom. The van der Waals surface area contributed by atoms with Gasteiger partial charge in [0.2, 0.25) is 0 Å². The summed E-state index contributed by atoms with van der Waals surface area (Å²) in [4.78, 5) is 23.5. The molecule has 2 rings (SSSR count). The average molecular weight is 338 g/mol. The minimum absolute atomic E-state index is 0.0253. The number of benzene rings is 2. The molecule has 2 aromatic rings. The van der Waals surface area contributed by atoms with Crippen molar-refractivity contribution < 1.29 is 23.8 Å². The molecule has 0 saturated heterocycles. The lowest BCUT2D eigenvalue weighted by molar-refractivity contribution is -0.119. The SMILES string of the molecule is Cc1ccc(O)c(C(=O)OCC(=O)Nc2ccc(F)c(Cl)c2)c1. The van der Waals surface area contributed by atoms with E-state index in [-0.39, 0.29) is 22.0 Å². The van der Waals surface area contributed by atoms with E-state index in [1.165, 1.54) is 24.3 Å². The lowest BCUT2D eigenvalue weighted by atomic mass is 10.1. The van der Waals surface area contributed by atoms with Gasteiger partial charge in [-0.3, -0.25) is 4.79 Å². The van der Waals surface area contributed by atoms with Crippen molar-refractivity contribution in [1.29, 1.82) is 0 Å². The van der Waals surface area contributed by atoms with Crippen LogP contribution in [0.4, 0.5) is 10.1 Å². The Bertz CT molecular complexity index is 764. The predicted molar refractivity (Wildman–Crippen MR) is 83.2 cm³/mol. The van der Waals surface area contributed by atoms with Crippen LogP contribution in [0.1, 0.15) is 15.9 Å². The molecule has 0 radical (unpaired) electrons. The van der Waals surface area contributed by atoms with Crippen LogP contribution in [0.5, 0.6) is 5.75 Å². The standard InChI is InChI=1S/C16H13ClFNO4/c1-9-2-5-14(20)11(6-9)16(22)23-8-15(21)19-10-3-4-13(18)12(17)7-10/h2-7,20H,8H2,1H3,(H,19,21). The number of amides is 1. The van der Waals surface area contributed by atoms with Gasteiger partial charge in [-0.05, 0) is 37.3 Å². The van der Waals surface area contributed by atoms with Crippen molar-refractivity contribution in [3.63, 3.8) is 0 Å². The highest BCUT2D eigenvalue weighted by atomic mass is 35.5. The topological polar surface area (TPSA) is 75.6 Å². The number of phenols is 1. The first kappa shape index (κ1) is 16.8. The molecular weight excluding hydrogens is 325 g/mol. The van der Waals surface area contributed by atoms with E-state index in [2.05, 4.69) is 5.32 Å². The molecule has 0 spiro atoms. The lowest BCUT2D eigenvalue weighted by Gasteiger charge is -2.08. The van der Waals surface area contributed by atoms with Crippen molar-refractivity contribution >= 4 is 29.2 Å². The number of ether oxygens (including phenoxy) is 1. The van der Waals surface area contributed by atoms with Gasteiger partial charge in [0.1, 0.15) is 17.1 Å². The molecule has 0 atom stereocenters. The van der Waals surface area contributed by atoms with E-state index in [4.69, 9.17) is 16.3 Å². The quantitative estimate of drug-likeness (QED) is 0.839. The summed E-state index contributed by atoms with van der Waals surface area (Å²) in [6.07, 6.45) is 0. The predicted octanol–water partition coefficient (Wildman–Crippen LogP) is 3.29. The maximum Gasteiger partial charge on any atom is 0.342 e. The van der Waals surface area contributed by atoms with Crippen molar-refractivity contribution in [3.8, 4) is 5.75 Å². The van der Waals surface area contributed by atoms with Crippen LogP contribution in [0.15, 0.2) is 36.4 Å². The number of aromatic hydroxyl groups is 1. The van der Waals surface area contributed by atoms with E-state index in [1.54, 1.807) is 13.0 Å². The maximum absolute atomic E-state index is 13.0. The summed E-state index contributed by atoms with van der Waals surface area (Å²) in [6, 6.07) is 8.13. The molecule has 2 N–H and O–H groups in total. The fraction of sp³-hybridized carbons (Fsp3) is 0.125. The summed E-state index contributed by atoms with van der Waals surface area (Å²) in [5.74, 6) is -2.27. The molecule has 0 aliphatic heterocycles. The maximum atomic E-state index is 13.0. The largest absolute Gasteiger partial charge is 0.507 e. The summed E-state index contributed by atoms with van der Waals surface area (Å²) in [5, 5.41) is 11.9. The fourth-order valence-electron chi connectivity index (χ4n) is 1.79. The summed E-state index contributed by atoms with van der Waals surface area (Å²) in [6.45, 7) is 1.20. The van der Waals surface area contributed by atoms with Gasteiger partial charge in [-0.25, -0.2) is 9.18 Å². The molecule has 2 aromatic carbocycles. The van der Waals surface area contributed by atoms with E-state index in [9.17, 15) is 19.1 Å². The molecule has 5 nitrogen and oxygen atoms in total. The second-order valence-corrected chi connectivity index (χ2v) is 5.18. The third-order valence-corrected chi connectivity index (χ3v) is 3.20. The second kappa shape index (κ2) is 7.11. The second-order valence-electron chi connectivity index (χ2n) is 4.77. The minimum atomic E-state index is -0.821. The van der Waals surface area contributed by atoms with Gasteiger partial charge in [0.25, 0.3) is 5.91 Å². The number of anilines is 1. The van der Waals surface area contributed by atoms with Gasteiger partial charge in [0.05, 0.1) is 5.02 Å². The molecule has 120 valence electrons. The zero-order valence-corrected chi connectivity index (χ0v) is 12.9. The number of halogens is 2. The Hall–Kier alpha value is -2.60. The number of hydrogen-bond acceptors (Lipinski definition) is 4. The molecule has 0 fully saturated rings. The van der Waals surface area contributed by atoms with Gasteiger partial charge in [-0.15, -0.1) is 0 Å². The Morgan fingerprint density at radius 1 is 1.26 bits per heavy atom. The molecule has 0 aliphatic rings. The van der Waals surface area contributed by atoms with Crippen molar-refractivity contribution in [3.05, 3.63) is 58.4 Å². The van der Waals surface area contributed by atoms with Gasteiger partial charge in [0.15, 0.2) is 6.61 Å². The lowest BCUT2D eigenvalue weighted by Crippen LogP contribution is -2.21. The highest BCUT2D eigenvalue weighted by molar-refractivity contribution is 6.31. The molecule has 0 heterocycles. The number of aryl methyl sites for hydroxylation is 1. The van der Waals surface area contributed by atoms with Gasteiger partial charge in [-0.1, -0.05) is 23.2 Å². The van der Waals surface area contributed by atoms with E-state index in [0.29, 0.717) is 0 Å². The fourth-order valence-corrected chi connectivity index (χ4v) is 1.97. The van der Waals surface area contributed by atoms with Crippen LogP contribution in [-0.4, -0.2) is 23.6 Å². The Labute approximate surface area is 136 Å². The Morgan fingerprint density at radius 2 is 2.00 bits per heavy atom. The number of carbonyl (C=O) groups excluding carboxylic acids is 2. The number of rotatable bonds is 4. The van der Waals surface area contributed by atoms with Crippen LogP contribution in [0.2, 0.25) is 5.02 Å². The molecule has 7 heteroatoms. The molecule has 0 aromatic heterocycles. The average Bonchev–Trinajstić information content (AvgIpc) is 2.51. The minimum Gasteiger partial charge on any atom is -0.507 e. The molecule has 23 heavy (non-hydrogen) atoms.